The summed E-state index contributed by atoms with van der Waals surface area (Å²) in [6.07, 6.45) is 4.18. The van der Waals surface area contributed by atoms with Gasteiger partial charge in [-0.2, -0.15) is 0 Å². The van der Waals surface area contributed by atoms with Crippen LogP contribution in [0, 0.1) is 10.1 Å². The van der Waals surface area contributed by atoms with Crippen LogP contribution in [0.3, 0.4) is 0 Å². The number of rotatable bonds is 5. The fourth-order valence-electron chi connectivity index (χ4n) is 2.78. The molecule has 2 aromatic rings. The van der Waals surface area contributed by atoms with Crippen molar-refractivity contribution in [1.29, 1.82) is 0 Å². The fraction of sp³-hybridized carbons (Fsp3) is 0.278. The zero-order valence-electron chi connectivity index (χ0n) is 13.5. The lowest BCUT2D eigenvalue weighted by Gasteiger charge is -2.17. The maximum absolute atomic E-state index is 10.9. The molecule has 1 saturated heterocycles. The predicted octanol–water partition coefficient (Wildman–Crippen LogP) is 3.95. The van der Waals surface area contributed by atoms with Crippen molar-refractivity contribution in [2.75, 3.05) is 25.1 Å². The van der Waals surface area contributed by atoms with Crippen LogP contribution in [0.4, 0.5) is 17.1 Å². The minimum atomic E-state index is -0.441. The van der Waals surface area contributed by atoms with Crippen molar-refractivity contribution in [1.82, 2.24) is 0 Å². The highest BCUT2D eigenvalue weighted by molar-refractivity contribution is 5.83. The van der Waals surface area contributed by atoms with E-state index in [9.17, 15) is 10.1 Å². The molecule has 3 rings (SSSR count). The van der Waals surface area contributed by atoms with Crippen LogP contribution in [0.15, 0.2) is 47.5 Å². The van der Waals surface area contributed by atoms with Crippen molar-refractivity contribution in [3.8, 4) is 5.75 Å². The van der Waals surface area contributed by atoms with Gasteiger partial charge in [-0.15, -0.1) is 0 Å². The van der Waals surface area contributed by atoms with Gasteiger partial charge in [-0.1, -0.05) is 12.1 Å². The van der Waals surface area contributed by atoms with Gasteiger partial charge in [-0.05, 0) is 36.6 Å². The summed E-state index contributed by atoms with van der Waals surface area (Å²) in [5, 5.41) is 10.9. The minimum Gasteiger partial charge on any atom is -0.494 e. The van der Waals surface area contributed by atoms with Crippen LogP contribution < -0.4 is 9.64 Å². The van der Waals surface area contributed by atoms with Crippen LogP contribution in [-0.4, -0.2) is 31.3 Å². The van der Waals surface area contributed by atoms with E-state index in [0.717, 1.165) is 18.7 Å². The Morgan fingerprint density at radius 1 is 1.17 bits per heavy atom. The van der Waals surface area contributed by atoms with E-state index in [-0.39, 0.29) is 5.69 Å². The van der Waals surface area contributed by atoms with Gasteiger partial charge in [0.05, 0.1) is 12.0 Å². The van der Waals surface area contributed by atoms with Crippen molar-refractivity contribution in [2.45, 2.75) is 12.8 Å². The van der Waals surface area contributed by atoms with Crippen molar-refractivity contribution in [3.05, 3.63) is 58.1 Å². The number of anilines is 1. The number of nitro groups is 1. The van der Waals surface area contributed by atoms with Crippen molar-refractivity contribution in [3.63, 3.8) is 0 Å². The second-order valence-corrected chi connectivity index (χ2v) is 5.66. The molecule has 0 aliphatic carbocycles. The predicted molar refractivity (Wildman–Crippen MR) is 94.8 cm³/mol. The van der Waals surface area contributed by atoms with Crippen molar-refractivity contribution < 1.29 is 9.66 Å². The van der Waals surface area contributed by atoms with E-state index in [1.165, 1.54) is 37.8 Å². The Morgan fingerprint density at radius 3 is 2.50 bits per heavy atom. The van der Waals surface area contributed by atoms with E-state index in [2.05, 4.69) is 22.0 Å². The number of non-ortho nitro benzene ring substituents is 1. The standard InChI is InChI=1S/C18H19N3O3/c1-24-18-9-8-16(21(22)23)12-17(18)19-13-14-4-6-15(7-5-14)20-10-2-3-11-20/h4-9,12-13H,2-3,10-11H2,1H3. The van der Waals surface area contributed by atoms with E-state index in [4.69, 9.17) is 4.74 Å². The molecule has 1 fully saturated rings. The lowest BCUT2D eigenvalue weighted by atomic mass is 10.2. The Morgan fingerprint density at radius 2 is 1.88 bits per heavy atom. The first kappa shape index (κ1) is 16.0. The maximum atomic E-state index is 10.9. The first-order chi connectivity index (χ1) is 11.7. The second-order valence-electron chi connectivity index (χ2n) is 5.66. The number of aliphatic imine (C=N–C) groups is 1. The smallest absolute Gasteiger partial charge is 0.271 e. The van der Waals surface area contributed by atoms with Crippen LogP contribution in [0.5, 0.6) is 5.75 Å². The highest BCUT2D eigenvalue weighted by atomic mass is 16.6. The Hall–Kier alpha value is -2.89. The summed E-state index contributed by atoms with van der Waals surface area (Å²) in [5.41, 5.74) is 2.59. The van der Waals surface area contributed by atoms with Crippen LogP contribution in [0.25, 0.3) is 0 Å². The number of ether oxygens (including phenoxy) is 1. The summed E-state index contributed by atoms with van der Waals surface area (Å²) >= 11 is 0. The van der Waals surface area contributed by atoms with E-state index in [1.807, 2.05) is 12.1 Å². The number of nitro benzene ring substituents is 1. The lowest BCUT2D eigenvalue weighted by molar-refractivity contribution is -0.384. The average Bonchev–Trinajstić information content (AvgIpc) is 3.14. The van der Waals surface area contributed by atoms with Gasteiger partial charge in [0, 0.05) is 37.1 Å². The third-order valence-electron chi connectivity index (χ3n) is 4.09. The fourth-order valence-corrected chi connectivity index (χ4v) is 2.78. The normalized spacial score (nSPS) is 14.3. The molecule has 1 heterocycles. The summed E-state index contributed by atoms with van der Waals surface area (Å²) in [4.78, 5) is 17.2. The summed E-state index contributed by atoms with van der Waals surface area (Å²) in [7, 11) is 1.52. The molecule has 24 heavy (non-hydrogen) atoms. The van der Waals surface area contributed by atoms with E-state index < -0.39 is 4.92 Å². The number of hydrogen-bond donors (Lipinski definition) is 0. The molecule has 0 unspecified atom stereocenters. The zero-order valence-corrected chi connectivity index (χ0v) is 13.5. The molecule has 124 valence electrons. The third kappa shape index (κ3) is 3.53. The number of methoxy groups -OCH3 is 1. The van der Waals surface area contributed by atoms with Crippen LogP contribution >= 0.6 is 0 Å². The molecule has 0 amide bonds. The molecule has 0 radical (unpaired) electrons. The van der Waals surface area contributed by atoms with Gasteiger partial charge in [0.1, 0.15) is 11.4 Å². The molecular formula is C18H19N3O3. The van der Waals surface area contributed by atoms with Gasteiger partial charge in [0.2, 0.25) is 0 Å². The molecule has 1 aliphatic rings. The lowest BCUT2D eigenvalue weighted by Crippen LogP contribution is -2.17. The quantitative estimate of drug-likeness (QED) is 0.474. The first-order valence-corrected chi connectivity index (χ1v) is 7.89. The van der Waals surface area contributed by atoms with Gasteiger partial charge in [-0.3, -0.25) is 15.1 Å². The molecule has 0 spiro atoms. The molecule has 1 aliphatic heterocycles. The number of benzene rings is 2. The molecule has 0 atom stereocenters. The highest BCUT2D eigenvalue weighted by Gasteiger charge is 2.12. The minimum absolute atomic E-state index is 0.00710. The van der Waals surface area contributed by atoms with Crippen LogP contribution in [-0.2, 0) is 0 Å². The van der Waals surface area contributed by atoms with Gasteiger partial charge < -0.3 is 9.64 Å². The zero-order chi connectivity index (χ0) is 16.9. The highest BCUT2D eigenvalue weighted by Crippen LogP contribution is 2.31. The summed E-state index contributed by atoms with van der Waals surface area (Å²) in [6, 6.07) is 12.5. The van der Waals surface area contributed by atoms with Crippen LogP contribution in [0.2, 0.25) is 0 Å². The SMILES string of the molecule is COc1ccc([N+](=O)[O-])cc1N=Cc1ccc(N2CCCC2)cc1. The van der Waals surface area contributed by atoms with E-state index in [1.54, 1.807) is 12.3 Å². The second kappa shape index (κ2) is 7.12. The molecule has 0 saturated carbocycles. The Labute approximate surface area is 140 Å². The van der Waals surface area contributed by atoms with Crippen molar-refractivity contribution >= 4 is 23.3 Å². The number of nitrogens with zero attached hydrogens (tertiary/aromatic N) is 3. The summed E-state index contributed by atoms with van der Waals surface area (Å²) in [6.45, 7) is 2.22. The summed E-state index contributed by atoms with van der Waals surface area (Å²) < 4.78 is 5.21. The molecule has 2 aromatic carbocycles. The Kier molecular flexibility index (Phi) is 4.74. The molecule has 6 nitrogen and oxygen atoms in total. The van der Waals surface area contributed by atoms with Gasteiger partial charge in [0.15, 0.2) is 0 Å². The van der Waals surface area contributed by atoms with E-state index >= 15 is 0 Å². The van der Waals surface area contributed by atoms with E-state index in [0.29, 0.717) is 11.4 Å². The Balaban J connectivity index is 1.79. The molecule has 0 bridgehead atoms. The largest absolute Gasteiger partial charge is 0.494 e. The molecule has 6 heteroatoms. The molecule has 0 N–H and O–H groups in total. The third-order valence-corrected chi connectivity index (χ3v) is 4.09. The average molecular weight is 325 g/mol. The van der Waals surface area contributed by atoms with Crippen molar-refractivity contribution in [2.24, 2.45) is 4.99 Å². The summed E-state index contributed by atoms with van der Waals surface area (Å²) in [5.74, 6) is 0.505. The monoisotopic (exact) mass is 325 g/mol. The van der Waals surface area contributed by atoms with Gasteiger partial charge in [0.25, 0.3) is 5.69 Å². The molecule has 0 aromatic heterocycles. The number of hydrogen-bond acceptors (Lipinski definition) is 5. The van der Waals surface area contributed by atoms with Gasteiger partial charge in [-0.25, -0.2) is 0 Å². The first-order valence-electron chi connectivity index (χ1n) is 7.89. The maximum Gasteiger partial charge on any atom is 0.271 e. The van der Waals surface area contributed by atoms with Gasteiger partial charge >= 0.3 is 0 Å². The topological polar surface area (TPSA) is 68.0 Å². The Bertz CT molecular complexity index is 751. The molecular weight excluding hydrogens is 306 g/mol. The van der Waals surface area contributed by atoms with Crippen LogP contribution in [0.1, 0.15) is 18.4 Å².